The summed E-state index contributed by atoms with van der Waals surface area (Å²) in [4.78, 5) is 12.5. The van der Waals surface area contributed by atoms with Gasteiger partial charge in [0.2, 0.25) is 0 Å². The number of nitrogens with one attached hydrogen (secondary N) is 2. The lowest BCUT2D eigenvalue weighted by atomic mass is 9.85. The molecule has 0 aliphatic carbocycles. The zero-order valence-electron chi connectivity index (χ0n) is 15.5. The van der Waals surface area contributed by atoms with Crippen molar-refractivity contribution in [3.63, 3.8) is 0 Å². The maximum absolute atomic E-state index is 12.5. The van der Waals surface area contributed by atoms with Gasteiger partial charge in [-0.15, -0.1) is 0 Å². The molecule has 140 valence electrons. The van der Waals surface area contributed by atoms with E-state index < -0.39 is 0 Å². The van der Waals surface area contributed by atoms with Crippen molar-refractivity contribution < 1.29 is 4.79 Å². The van der Waals surface area contributed by atoms with E-state index in [0.29, 0.717) is 18.3 Å². The standard InChI is InChI=1S/C20H27ClN4O/c1-20(2,12-15-5-3-6-16(21)11-15)14-23-19(26)18-8-10-25(24-18)17-7-4-9-22-13-17/h3,5-6,8,10-11,17,22H,4,7,9,12-14H2,1-2H3,(H,23,26). The van der Waals surface area contributed by atoms with Crippen molar-refractivity contribution in [1.29, 1.82) is 0 Å². The van der Waals surface area contributed by atoms with E-state index in [4.69, 9.17) is 11.6 Å². The van der Waals surface area contributed by atoms with Gasteiger partial charge in [0.25, 0.3) is 5.91 Å². The lowest BCUT2D eigenvalue weighted by Gasteiger charge is -2.25. The summed E-state index contributed by atoms with van der Waals surface area (Å²) in [6, 6.07) is 10.0. The van der Waals surface area contributed by atoms with Gasteiger partial charge < -0.3 is 10.6 Å². The van der Waals surface area contributed by atoms with Crippen molar-refractivity contribution >= 4 is 17.5 Å². The topological polar surface area (TPSA) is 59.0 Å². The Morgan fingerprint density at radius 2 is 2.27 bits per heavy atom. The molecule has 1 aliphatic rings. The molecule has 0 saturated carbocycles. The van der Waals surface area contributed by atoms with Gasteiger partial charge in [-0.1, -0.05) is 37.6 Å². The highest BCUT2D eigenvalue weighted by atomic mass is 35.5. The van der Waals surface area contributed by atoms with Crippen LogP contribution >= 0.6 is 11.6 Å². The van der Waals surface area contributed by atoms with Crippen molar-refractivity contribution in [3.05, 3.63) is 52.8 Å². The molecular formula is C20H27ClN4O. The van der Waals surface area contributed by atoms with Gasteiger partial charge in [-0.3, -0.25) is 9.48 Å². The summed E-state index contributed by atoms with van der Waals surface area (Å²) in [5.74, 6) is -0.119. The number of benzene rings is 1. The minimum atomic E-state index is -0.119. The lowest BCUT2D eigenvalue weighted by molar-refractivity contribution is 0.0930. The number of halogens is 1. The third kappa shape index (κ3) is 5.08. The summed E-state index contributed by atoms with van der Waals surface area (Å²) in [6.45, 7) is 6.83. The Balaban J connectivity index is 1.55. The van der Waals surface area contributed by atoms with Gasteiger partial charge in [0, 0.05) is 24.3 Å². The summed E-state index contributed by atoms with van der Waals surface area (Å²) >= 11 is 6.06. The molecule has 1 atom stereocenters. The summed E-state index contributed by atoms with van der Waals surface area (Å²) in [6.07, 6.45) is 4.99. The van der Waals surface area contributed by atoms with Gasteiger partial charge in [-0.2, -0.15) is 5.10 Å². The van der Waals surface area contributed by atoms with E-state index in [1.54, 1.807) is 6.07 Å². The SMILES string of the molecule is CC(C)(CNC(=O)c1ccn(C2CCCNC2)n1)Cc1cccc(Cl)c1. The monoisotopic (exact) mass is 374 g/mol. The average molecular weight is 375 g/mol. The van der Waals surface area contributed by atoms with E-state index in [1.165, 1.54) is 5.56 Å². The molecule has 1 fully saturated rings. The van der Waals surface area contributed by atoms with Crippen LogP contribution in [-0.2, 0) is 6.42 Å². The number of amides is 1. The van der Waals surface area contributed by atoms with Crippen LogP contribution in [0.3, 0.4) is 0 Å². The van der Waals surface area contributed by atoms with Crippen LogP contribution in [0, 0.1) is 5.41 Å². The Kier molecular flexibility index (Phi) is 5.99. The average Bonchev–Trinajstić information content (AvgIpc) is 3.10. The molecule has 0 radical (unpaired) electrons. The number of piperidine rings is 1. The summed E-state index contributed by atoms with van der Waals surface area (Å²) in [7, 11) is 0. The second kappa shape index (κ2) is 8.23. The van der Waals surface area contributed by atoms with Crippen molar-refractivity contribution in [2.24, 2.45) is 5.41 Å². The highest BCUT2D eigenvalue weighted by Gasteiger charge is 2.22. The molecule has 2 N–H and O–H groups in total. The van der Waals surface area contributed by atoms with Crippen LogP contribution in [0.1, 0.15) is 48.8 Å². The molecule has 5 nitrogen and oxygen atoms in total. The maximum Gasteiger partial charge on any atom is 0.271 e. The number of hydrogen-bond donors (Lipinski definition) is 2. The van der Waals surface area contributed by atoms with Crippen LogP contribution < -0.4 is 10.6 Å². The van der Waals surface area contributed by atoms with Gasteiger partial charge >= 0.3 is 0 Å². The van der Waals surface area contributed by atoms with Crippen molar-refractivity contribution in [3.8, 4) is 0 Å². The number of nitrogens with zero attached hydrogens (tertiary/aromatic N) is 2. The quantitative estimate of drug-likeness (QED) is 0.814. The van der Waals surface area contributed by atoms with Crippen LogP contribution in [-0.4, -0.2) is 35.3 Å². The molecule has 2 aromatic rings. The van der Waals surface area contributed by atoms with E-state index in [-0.39, 0.29) is 11.3 Å². The molecule has 3 rings (SSSR count). The normalized spacial score (nSPS) is 17.9. The largest absolute Gasteiger partial charge is 0.350 e. The molecule has 2 heterocycles. The second-order valence-electron chi connectivity index (χ2n) is 7.83. The molecule has 1 saturated heterocycles. The highest BCUT2D eigenvalue weighted by Crippen LogP contribution is 2.23. The Morgan fingerprint density at radius 3 is 3.00 bits per heavy atom. The number of rotatable bonds is 6. The van der Waals surface area contributed by atoms with Crippen LogP contribution in [0.5, 0.6) is 0 Å². The van der Waals surface area contributed by atoms with Crippen molar-refractivity contribution in [2.45, 2.75) is 39.2 Å². The van der Waals surface area contributed by atoms with Crippen LogP contribution in [0.25, 0.3) is 0 Å². The zero-order valence-corrected chi connectivity index (χ0v) is 16.2. The number of carbonyl (C=O) groups excluding carboxylic acids is 1. The van der Waals surface area contributed by atoms with Crippen LogP contribution in [0.2, 0.25) is 5.02 Å². The smallest absolute Gasteiger partial charge is 0.271 e. The fourth-order valence-electron chi connectivity index (χ4n) is 3.39. The molecule has 1 aromatic heterocycles. The van der Waals surface area contributed by atoms with E-state index in [1.807, 2.05) is 29.1 Å². The number of hydrogen-bond acceptors (Lipinski definition) is 3. The fraction of sp³-hybridized carbons (Fsp3) is 0.500. The predicted molar refractivity (Wildman–Crippen MR) is 105 cm³/mol. The van der Waals surface area contributed by atoms with E-state index >= 15 is 0 Å². The van der Waals surface area contributed by atoms with E-state index in [0.717, 1.165) is 37.4 Å². The van der Waals surface area contributed by atoms with Crippen molar-refractivity contribution in [1.82, 2.24) is 20.4 Å². The molecule has 1 amide bonds. The molecule has 1 unspecified atom stereocenters. The number of carbonyl (C=O) groups is 1. The third-order valence-corrected chi connectivity index (χ3v) is 5.02. The molecule has 0 bridgehead atoms. The van der Waals surface area contributed by atoms with E-state index in [9.17, 15) is 4.79 Å². The van der Waals surface area contributed by atoms with Crippen LogP contribution in [0.15, 0.2) is 36.5 Å². The second-order valence-corrected chi connectivity index (χ2v) is 8.27. The Morgan fingerprint density at radius 1 is 1.42 bits per heavy atom. The zero-order chi connectivity index (χ0) is 18.6. The molecular weight excluding hydrogens is 348 g/mol. The van der Waals surface area contributed by atoms with Crippen LogP contribution in [0.4, 0.5) is 0 Å². The first-order valence-electron chi connectivity index (χ1n) is 9.21. The first-order chi connectivity index (χ1) is 12.4. The van der Waals surface area contributed by atoms with E-state index in [2.05, 4.69) is 35.6 Å². The highest BCUT2D eigenvalue weighted by molar-refractivity contribution is 6.30. The maximum atomic E-state index is 12.5. The van der Waals surface area contributed by atoms with Gasteiger partial charge in [-0.25, -0.2) is 0 Å². The minimum Gasteiger partial charge on any atom is -0.350 e. The summed E-state index contributed by atoms with van der Waals surface area (Å²) in [5, 5.41) is 11.6. The molecule has 26 heavy (non-hydrogen) atoms. The third-order valence-electron chi connectivity index (χ3n) is 4.79. The molecule has 1 aromatic carbocycles. The predicted octanol–water partition coefficient (Wildman–Crippen LogP) is 3.46. The Hall–Kier alpha value is -1.85. The molecule has 1 aliphatic heterocycles. The Labute approximate surface area is 160 Å². The first-order valence-corrected chi connectivity index (χ1v) is 9.59. The van der Waals surface area contributed by atoms with Gasteiger partial charge in [0.15, 0.2) is 0 Å². The molecule has 0 spiro atoms. The molecule has 6 heteroatoms. The fourth-order valence-corrected chi connectivity index (χ4v) is 3.61. The summed E-state index contributed by atoms with van der Waals surface area (Å²) < 4.78 is 1.91. The van der Waals surface area contributed by atoms with Gasteiger partial charge in [0.1, 0.15) is 5.69 Å². The number of aromatic nitrogens is 2. The van der Waals surface area contributed by atoms with Gasteiger partial charge in [0.05, 0.1) is 6.04 Å². The Bertz CT molecular complexity index is 750. The minimum absolute atomic E-state index is 0.0732. The lowest BCUT2D eigenvalue weighted by Crippen LogP contribution is -2.36. The van der Waals surface area contributed by atoms with Crippen molar-refractivity contribution in [2.75, 3.05) is 19.6 Å². The first kappa shape index (κ1) is 18.9. The van der Waals surface area contributed by atoms with Gasteiger partial charge in [-0.05, 0) is 55.0 Å². The summed E-state index contributed by atoms with van der Waals surface area (Å²) in [5.41, 5.74) is 1.58.